The van der Waals surface area contributed by atoms with Gasteiger partial charge in [0.25, 0.3) is 0 Å². The molecule has 0 fully saturated rings. The molecule has 0 saturated carbocycles. The highest BCUT2D eigenvalue weighted by molar-refractivity contribution is 5.67. The molecule has 0 spiro atoms. The Hall–Kier alpha value is -2.43. The van der Waals surface area contributed by atoms with Gasteiger partial charge in [-0.2, -0.15) is 0 Å². The van der Waals surface area contributed by atoms with Crippen LogP contribution in [0.2, 0.25) is 0 Å². The molecule has 0 aliphatic heterocycles. The maximum Gasteiger partial charge on any atom is 0.410 e. The standard InChI is InChI=1S/C14H15N3O2/c1-19-14(18)17(10-12-4-2-6-15-8-12)11-13-5-3-7-16-9-13/h2-9H,10-11H2,1H3. The Bertz CT molecular complexity index is 475. The number of nitrogens with zero attached hydrogens (tertiary/aromatic N) is 3. The smallest absolute Gasteiger partial charge is 0.410 e. The summed E-state index contributed by atoms with van der Waals surface area (Å²) in [6, 6.07) is 7.53. The second kappa shape index (κ2) is 6.49. The molecule has 0 aromatic carbocycles. The van der Waals surface area contributed by atoms with Crippen LogP contribution >= 0.6 is 0 Å². The molecule has 0 N–H and O–H groups in total. The Morgan fingerprint density at radius 3 is 2.00 bits per heavy atom. The highest BCUT2D eigenvalue weighted by Crippen LogP contribution is 2.09. The van der Waals surface area contributed by atoms with Crippen molar-refractivity contribution in [2.45, 2.75) is 13.1 Å². The average Bonchev–Trinajstić information content (AvgIpc) is 2.48. The Balaban J connectivity index is 2.10. The first-order valence-electron chi connectivity index (χ1n) is 5.90. The molecular formula is C14H15N3O2. The lowest BCUT2D eigenvalue weighted by atomic mass is 10.2. The van der Waals surface area contributed by atoms with Crippen LogP contribution in [0.5, 0.6) is 0 Å². The molecule has 5 nitrogen and oxygen atoms in total. The van der Waals surface area contributed by atoms with Crippen LogP contribution in [0.25, 0.3) is 0 Å². The van der Waals surface area contributed by atoms with Crippen LogP contribution < -0.4 is 0 Å². The van der Waals surface area contributed by atoms with Gasteiger partial charge in [0, 0.05) is 24.8 Å². The van der Waals surface area contributed by atoms with Gasteiger partial charge >= 0.3 is 6.09 Å². The molecule has 2 aromatic heterocycles. The molecule has 5 heteroatoms. The highest BCUT2D eigenvalue weighted by atomic mass is 16.5. The van der Waals surface area contributed by atoms with Crippen molar-refractivity contribution in [3.05, 3.63) is 60.2 Å². The van der Waals surface area contributed by atoms with E-state index in [1.54, 1.807) is 29.7 Å². The lowest BCUT2D eigenvalue weighted by Gasteiger charge is -2.21. The number of carbonyl (C=O) groups is 1. The number of amides is 1. The van der Waals surface area contributed by atoms with E-state index in [1.165, 1.54) is 7.11 Å². The van der Waals surface area contributed by atoms with Crippen molar-refractivity contribution in [1.29, 1.82) is 0 Å². The first kappa shape index (κ1) is 13.0. The van der Waals surface area contributed by atoms with Crippen molar-refractivity contribution in [3.8, 4) is 0 Å². The predicted molar refractivity (Wildman–Crippen MR) is 70.1 cm³/mol. The summed E-state index contributed by atoms with van der Waals surface area (Å²) in [5.41, 5.74) is 1.91. The number of carbonyl (C=O) groups excluding carboxylic acids is 1. The van der Waals surface area contributed by atoms with Gasteiger partial charge in [0.15, 0.2) is 0 Å². The maximum absolute atomic E-state index is 11.8. The number of pyridine rings is 2. The summed E-state index contributed by atoms with van der Waals surface area (Å²) >= 11 is 0. The van der Waals surface area contributed by atoms with E-state index in [0.29, 0.717) is 13.1 Å². The number of hydrogen-bond donors (Lipinski definition) is 0. The second-order valence-corrected chi connectivity index (χ2v) is 4.05. The molecule has 0 bridgehead atoms. The summed E-state index contributed by atoms with van der Waals surface area (Å²) in [7, 11) is 1.38. The Kier molecular flexibility index (Phi) is 4.44. The zero-order valence-corrected chi connectivity index (χ0v) is 10.7. The molecule has 98 valence electrons. The second-order valence-electron chi connectivity index (χ2n) is 4.05. The molecule has 0 aliphatic rings. The molecule has 0 radical (unpaired) electrons. The van der Waals surface area contributed by atoms with Gasteiger partial charge in [-0.25, -0.2) is 4.79 Å². The third-order valence-corrected chi connectivity index (χ3v) is 2.63. The Morgan fingerprint density at radius 2 is 1.63 bits per heavy atom. The third-order valence-electron chi connectivity index (χ3n) is 2.63. The Morgan fingerprint density at radius 1 is 1.11 bits per heavy atom. The van der Waals surface area contributed by atoms with Crippen molar-refractivity contribution in [2.24, 2.45) is 0 Å². The van der Waals surface area contributed by atoms with Crippen molar-refractivity contribution in [1.82, 2.24) is 14.9 Å². The normalized spacial score (nSPS) is 9.95. The van der Waals surface area contributed by atoms with Gasteiger partial charge in [0.1, 0.15) is 0 Å². The minimum atomic E-state index is -0.368. The predicted octanol–water partition coefficient (Wildman–Crippen LogP) is 2.25. The van der Waals surface area contributed by atoms with E-state index < -0.39 is 0 Å². The van der Waals surface area contributed by atoms with Gasteiger partial charge in [-0.05, 0) is 23.3 Å². The summed E-state index contributed by atoms with van der Waals surface area (Å²) in [6.45, 7) is 0.908. The third kappa shape index (κ3) is 3.77. The minimum absolute atomic E-state index is 0.368. The zero-order valence-electron chi connectivity index (χ0n) is 10.7. The van der Waals surface area contributed by atoms with E-state index >= 15 is 0 Å². The summed E-state index contributed by atoms with van der Waals surface area (Å²) in [5.74, 6) is 0. The Labute approximate surface area is 111 Å². The minimum Gasteiger partial charge on any atom is -0.453 e. The summed E-state index contributed by atoms with van der Waals surface area (Å²) in [5, 5.41) is 0. The molecular weight excluding hydrogens is 242 g/mol. The zero-order chi connectivity index (χ0) is 13.5. The lowest BCUT2D eigenvalue weighted by Crippen LogP contribution is -2.30. The number of ether oxygens (including phenoxy) is 1. The van der Waals surface area contributed by atoms with Gasteiger partial charge in [-0.1, -0.05) is 12.1 Å². The largest absolute Gasteiger partial charge is 0.453 e. The molecule has 0 aliphatic carbocycles. The molecule has 0 saturated heterocycles. The fourth-order valence-corrected chi connectivity index (χ4v) is 1.74. The lowest BCUT2D eigenvalue weighted by molar-refractivity contribution is 0.118. The van der Waals surface area contributed by atoms with Crippen LogP contribution in [-0.2, 0) is 17.8 Å². The number of rotatable bonds is 4. The first-order valence-corrected chi connectivity index (χ1v) is 5.90. The molecule has 2 rings (SSSR count). The van der Waals surface area contributed by atoms with Crippen molar-refractivity contribution >= 4 is 6.09 Å². The molecule has 0 atom stereocenters. The number of methoxy groups -OCH3 is 1. The van der Waals surface area contributed by atoms with E-state index in [9.17, 15) is 4.79 Å². The van der Waals surface area contributed by atoms with E-state index in [4.69, 9.17) is 4.74 Å². The molecule has 2 heterocycles. The monoisotopic (exact) mass is 257 g/mol. The summed E-state index contributed by atoms with van der Waals surface area (Å²) in [6.07, 6.45) is 6.51. The van der Waals surface area contributed by atoms with E-state index in [-0.39, 0.29) is 6.09 Å². The van der Waals surface area contributed by atoms with Crippen LogP contribution in [0.3, 0.4) is 0 Å². The SMILES string of the molecule is COC(=O)N(Cc1cccnc1)Cc1cccnc1. The van der Waals surface area contributed by atoms with E-state index in [1.807, 2.05) is 24.3 Å². The van der Waals surface area contributed by atoms with Crippen LogP contribution in [0, 0.1) is 0 Å². The highest BCUT2D eigenvalue weighted by Gasteiger charge is 2.14. The molecule has 19 heavy (non-hydrogen) atoms. The van der Waals surface area contributed by atoms with Gasteiger partial charge < -0.3 is 4.74 Å². The maximum atomic E-state index is 11.8. The summed E-state index contributed by atoms with van der Waals surface area (Å²) < 4.78 is 4.80. The fraction of sp³-hybridized carbons (Fsp3) is 0.214. The van der Waals surface area contributed by atoms with E-state index in [2.05, 4.69) is 9.97 Å². The summed E-state index contributed by atoms with van der Waals surface area (Å²) in [4.78, 5) is 21.5. The van der Waals surface area contributed by atoms with Gasteiger partial charge in [0.2, 0.25) is 0 Å². The van der Waals surface area contributed by atoms with Crippen molar-refractivity contribution in [2.75, 3.05) is 7.11 Å². The number of aromatic nitrogens is 2. The first-order chi connectivity index (χ1) is 9.29. The van der Waals surface area contributed by atoms with Crippen LogP contribution in [0.15, 0.2) is 49.1 Å². The molecule has 2 aromatic rings. The van der Waals surface area contributed by atoms with Crippen LogP contribution in [0.1, 0.15) is 11.1 Å². The van der Waals surface area contributed by atoms with Gasteiger partial charge in [-0.15, -0.1) is 0 Å². The molecule has 1 amide bonds. The molecule has 0 unspecified atom stereocenters. The van der Waals surface area contributed by atoms with Crippen LogP contribution in [-0.4, -0.2) is 28.1 Å². The van der Waals surface area contributed by atoms with Gasteiger partial charge in [-0.3, -0.25) is 14.9 Å². The number of hydrogen-bond acceptors (Lipinski definition) is 4. The van der Waals surface area contributed by atoms with Gasteiger partial charge in [0.05, 0.1) is 20.2 Å². The van der Waals surface area contributed by atoms with Crippen molar-refractivity contribution < 1.29 is 9.53 Å². The topological polar surface area (TPSA) is 55.3 Å². The van der Waals surface area contributed by atoms with Crippen LogP contribution in [0.4, 0.5) is 4.79 Å². The average molecular weight is 257 g/mol. The quantitative estimate of drug-likeness (QED) is 0.843. The van der Waals surface area contributed by atoms with Crippen molar-refractivity contribution in [3.63, 3.8) is 0 Å². The fourth-order valence-electron chi connectivity index (χ4n) is 1.74. The van der Waals surface area contributed by atoms with E-state index in [0.717, 1.165) is 11.1 Å².